The van der Waals surface area contributed by atoms with Crippen molar-refractivity contribution >= 4 is 13.9 Å². The van der Waals surface area contributed by atoms with E-state index in [9.17, 15) is 9.36 Å². The van der Waals surface area contributed by atoms with E-state index in [1.807, 2.05) is 0 Å². The number of aldehydes is 1. The molecule has 37 heavy (non-hydrogen) atoms. The van der Waals surface area contributed by atoms with Crippen LogP contribution in [-0.2, 0) is 18.4 Å². The summed E-state index contributed by atoms with van der Waals surface area (Å²) in [5.41, 5.74) is 7.88. The molecule has 0 amide bonds. The average molecular weight is 536 g/mol. The molecule has 2 N–H and O–H groups in total. The molecule has 212 valence electrons. The zero-order valence-corrected chi connectivity index (χ0v) is 25.3. The van der Waals surface area contributed by atoms with Gasteiger partial charge in [-0.05, 0) is 97.7 Å². The van der Waals surface area contributed by atoms with Gasteiger partial charge in [0.2, 0.25) is 0 Å². The van der Waals surface area contributed by atoms with Gasteiger partial charge in [0.15, 0.2) is 0 Å². The molecule has 10 atom stereocenters. The summed E-state index contributed by atoms with van der Waals surface area (Å²) in [7, 11) is -3.25. The third kappa shape index (κ3) is 6.16. The fraction of sp³-hybridized carbons (Fsp3) is 0.903. The minimum absolute atomic E-state index is 0.0638. The Hall–Kier alpha value is -0.480. The van der Waals surface area contributed by atoms with Gasteiger partial charge >= 0.3 is 7.60 Å². The van der Waals surface area contributed by atoms with Crippen molar-refractivity contribution < 1.29 is 18.4 Å². The van der Waals surface area contributed by atoms with Gasteiger partial charge in [0.05, 0.1) is 18.8 Å². The van der Waals surface area contributed by atoms with Crippen LogP contribution in [0.5, 0.6) is 0 Å². The van der Waals surface area contributed by atoms with Crippen molar-refractivity contribution in [1.29, 1.82) is 0 Å². The molecular weight excluding hydrogens is 481 g/mol. The summed E-state index contributed by atoms with van der Waals surface area (Å²) >= 11 is 0. The summed E-state index contributed by atoms with van der Waals surface area (Å²) in [5.74, 6) is 4.98. The summed E-state index contributed by atoms with van der Waals surface area (Å²) in [6.45, 7) is 13.9. The molecule has 3 saturated carbocycles. The van der Waals surface area contributed by atoms with E-state index in [1.165, 1.54) is 63.6 Å². The van der Waals surface area contributed by atoms with Crippen LogP contribution < -0.4 is 5.73 Å². The molecule has 6 heteroatoms. The highest BCUT2D eigenvalue weighted by molar-refractivity contribution is 7.53. The van der Waals surface area contributed by atoms with Crippen molar-refractivity contribution in [2.45, 2.75) is 117 Å². The monoisotopic (exact) mass is 535 g/mol. The Morgan fingerprint density at radius 3 is 2.57 bits per heavy atom. The number of allylic oxidation sites excluding steroid dienone is 1. The van der Waals surface area contributed by atoms with E-state index in [-0.39, 0.29) is 18.1 Å². The van der Waals surface area contributed by atoms with Crippen LogP contribution in [0.4, 0.5) is 0 Å². The first-order valence-electron chi connectivity index (χ1n) is 15.2. The van der Waals surface area contributed by atoms with E-state index >= 15 is 0 Å². The summed E-state index contributed by atoms with van der Waals surface area (Å²) in [6, 6.07) is -0.764. The van der Waals surface area contributed by atoms with E-state index in [0.717, 1.165) is 54.8 Å². The number of rotatable bonds is 11. The Morgan fingerprint density at radius 1 is 1.11 bits per heavy atom. The van der Waals surface area contributed by atoms with Gasteiger partial charge in [0.1, 0.15) is 6.29 Å². The largest absolute Gasteiger partial charge is 0.327 e. The second kappa shape index (κ2) is 11.6. The standard InChI is InChI=1S/C31H54NO4P/c1-21(2)8-7-9-22(3)27-12-13-28-26-11-10-23-18-25(36-37(6,34)35-20-24(32)19-33)14-16-30(23,4)29(26)15-17-31(27,28)5/h10,19,21-22,24-29H,7-9,11-18,20,32H2,1-6H3. The van der Waals surface area contributed by atoms with Crippen molar-refractivity contribution in [2.75, 3.05) is 13.3 Å². The maximum Gasteiger partial charge on any atom is 0.327 e. The minimum atomic E-state index is -3.25. The van der Waals surface area contributed by atoms with Crippen LogP contribution in [0, 0.1) is 46.3 Å². The first kappa shape index (κ1) is 29.5. The van der Waals surface area contributed by atoms with Crippen molar-refractivity contribution in [3.8, 4) is 0 Å². The number of hydrogen-bond donors (Lipinski definition) is 1. The van der Waals surface area contributed by atoms with E-state index < -0.39 is 13.6 Å². The highest BCUT2D eigenvalue weighted by Gasteiger charge is 2.59. The molecule has 0 aromatic rings. The smallest absolute Gasteiger partial charge is 0.320 e. The number of carbonyl (C=O) groups excluding carboxylic acids is 1. The van der Waals surface area contributed by atoms with Crippen LogP contribution >= 0.6 is 7.60 Å². The molecule has 10 unspecified atom stereocenters. The fourth-order valence-electron chi connectivity index (χ4n) is 9.30. The molecule has 0 aliphatic heterocycles. The quantitative estimate of drug-likeness (QED) is 0.166. The second-order valence-electron chi connectivity index (χ2n) is 14.1. The molecule has 0 spiro atoms. The lowest BCUT2D eigenvalue weighted by atomic mass is 9.47. The third-order valence-corrected chi connectivity index (χ3v) is 12.6. The van der Waals surface area contributed by atoms with Crippen LogP contribution in [0.1, 0.15) is 105 Å². The van der Waals surface area contributed by atoms with Crippen LogP contribution in [0.3, 0.4) is 0 Å². The normalized spacial score (nSPS) is 40.6. The second-order valence-corrected chi connectivity index (χ2v) is 16.1. The lowest BCUT2D eigenvalue weighted by molar-refractivity contribution is -0.109. The summed E-state index contributed by atoms with van der Waals surface area (Å²) < 4.78 is 24.3. The summed E-state index contributed by atoms with van der Waals surface area (Å²) in [6.07, 6.45) is 16.9. The predicted octanol–water partition coefficient (Wildman–Crippen LogP) is 7.78. The molecule has 0 bridgehead atoms. The van der Waals surface area contributed by atoms with Gasteiger partial charge in [-0.15, -0.1) is 0 Å². The molecule has 0 saturated heterocycles. The van der Waals surface area contributed by atoms with Crippen molar-refractivity contribution in [3.05, 3.63) is 11.6 Å². The van der Waals surface area contributed by atoms with Crippen molar-refractivity contribution in [3.63, 3.8) is 0 Å². The Balaban J connectivity index is 1.40. The molecule has 0 aromatic carbocycles. The zero-order valence-electron chi connectivity index (χ0n) is 24.4. The SMILES string of the molecule is CC(C)CCCC(C)C1CCC2C3CC=C4CC(OP(C)(=O)OCC(N)C=O)CCC4(C)C3CCC12C. The molecule has 5 nitrogen and oxygen atoms in total. The molecule has 4 aliphatic rings. The van der Waals surface area contributed by atoms with E-state index in [0.29, 0.717) is 11.7 Å². The van der Waals surface area contributed by atoms with E-state index in [2.05, 4.69) is 40.7 Å². The Morgan fingerprint density at radius 2 is 1.86 bits per heavy atom. The summed E-state index contributed by atoms with van der Waals surface area (Å²) in [5, 5.41) is 0. The van der Waals surface area contributed by atoms with Gasteiger partial charge in [0, 0.05) is 6.66 Å². The van der Waals surface area contributed by atoms with Gasteiger partial charge in [0.25, 0.3) is 0 Å². The number of hydrogen-bond acceptors (Lipinski definition) is 5. The van der Waals surface area contributed by atoms with Gasteiger partial charge in [-0.1, -0.05) is 65.5 Å². The number of carbonyl (C=O) groups is 1. The Kier molecular flexibility index (Phi) is 9.21. The molecule has 0 radical (unpaired) electrons. The topological polar surface area (TPSA) is 78.6 Å². The maximum atomic E-state index is 12.9. The van der Waals surface area contributed by atoms with Gasteiger partial charge < -0.3 is 19.6 Å². The van der Waals surface area contributed by atoms with Crippen LogP contribution in [0.15, 0.2) is 11.6 Å². The van der Waals surface area contributed by atoms with Crippen LogP contribution in [0.25, 0.3) is 0 Å². The number of nitrogens with two attached hydrogens (primary N) is 1. The van der Waals surface area contributed by atoms with Crippen LogP contribution in [-0.4, -0.2) is 31.7 Å². The third-order valence-electron chi connectivity index (χ3n) is 11.3. The molecule has 4 aliphatic carbocycles. The Labute approximate surface area is 226 Å². The van der Waals surface area contributed by atoms with Gasteiger partial charge in [-0.2, -0.15) is 0 Å². The van der Waals surface area contributed by atoms with E-state index in [1.54, 1.807) is 0 Å². The molecular formula is C31H54NO4P. The molecule has 3 fully saturated rings. The number of fused-ring (bicyclic) bond motifs is 5. The highest BCUT2D eigenvalue weighted by atomic mass is 31.2. The predicted molar refractivity (Wildman–Crippen MR) is 151 cm³/mol. The first-order chi connectivity index (χ1) is 17.4. The van der Waals surface area contributed by atoms with Crippen molar-refractivity contribution in [2.24, 2.45) is 52.1 Å². The first-order valence-corrected chi connectivity index (χ1v) is 17.2. The Bertz CT molecular complexity index is 888. The maximum absolute atomic E-state index is 12.9. The van der Waals surface area contributed by atoms with Gasteiger partial charge in [-0.25, -0.2) is 0 Å². The fourth-order valence-corrected chi connectivity index (χ4v) is 10.5. The molecule has 4 rings (SSSR count). The molecule has 0 aromatic heterocycles. The van der Waals surface area contributed by atoms with Crippen LogP contribution in [0.2, 0.25) is 0 Å². The highest BCUT2D eigenvalue weighted by Crippen LogP contribution is 2.67. The summed E-state index contributed by atoms with van der Waals surface area (Å²) in [4.78, 5) is 10.8. The lowest BCUT2D eigenvalue weighted by Crippen LogP contribution is -2.51. The zero-order chi connectivity index (χ0) is 27.0. The average Bonchev–Trinajstić information content (AvgIpc) is 3.19. The van der Waals surface area contributed by atoms with Crippen molar-refractivity contribution in [1.82, 2.24) is 0 Å². The van der Waals surface area contributed by atoms with E-state index in [4.69, 9.17) is 14.8 Å². The lowest BCUT2D eigenvalue weighted by Gasteiger charge is -2.58. The van der Waals surface area contributed by atoms with Gasteiger partial charge in [-0.3, -0.25) is 4.57 Å². The minimum Gasteiger partial charge on any atom is -0.320 e. The molecule has 0 heterocycles.